The summed E-state index contributed by atoms with van der Waals surface area (Å²) in [5.41, 5.74) is 1.39. The maximum Gasteiger partial charge on any atom is 0.289 e. The normalized spacial score (nSPS) is 10.6. The summed E-state index contributed by atoms with van der Waals surface area (Å²) in [5.74, 6) is 0.553. The van der Waals surface area contributed by atoms with Crippen LogP contribution >= 0.6 is 15.9 Å². The number of rotatable bonds is 2. The van der Waals surface area contributed by atoms with E-state index in [0.29, 0.717) is 10.3 Å². The van der Waals surface area contributed by atoms with Crippen LogP contribution in [0.2, 0.25) is 0 Å². The number of aromatic nitrogens is 3. The highest BCUT2D eigenvalue weighted by Gasteiger charge is 2.05. The lowest BCUT2D eigenvalue weighted by Crippen LogP contribution is -2.10. The topological polar surface area (TPSA) is 70.7 Å². The summed E-state index contributed by atoms with van der Waals surface area (Å²) >= 11 is 3.20. The number of para-hydroxylation sites is 1. The van der Waals surface area contributed by atoms with Crippen LogP contribution in [-0.4, -0.2) is 15.0 Å². The van der Waals surface area contributed by atoms with Crippen molar-refractivity contribution in [2.24, 2.45) is 0 Å². The van der Waals surface area contributed by atoms with Gasteiger partial charge < -0.3 is 10.3 Å². The molecule has 2 heterocycles. The summed E-state index contributed by atoms with van der Waals surface area (Å²) in [7, 11) is 0. The van der Waals surface area contributed by atoms with Crippen LogP contribution in [0.15, 0.2) is 52.1 Å². The average molecular weight is 317 g/mol. The molecule has 1 aromatic carbocycles. The maximum absolute atomic E-state index is 11.4. The van der Waals surface area contributed by atoms with Crippen LogP contribution < -0.4 is 10.9 Å². The highest BCUT2D eigenvalue weighted by Crippen LogP contribution is 2.22. The largest absolute Gasteiger partial charge is 0.339 e. The molecule has 0 radical (unpaired) electrons. The Morgan fingerprint density at radius 3 is 2.95 bits per heavy atom. The fraction of sp³-hybridized carbons (Fsp3) is 0. The zero-order chi connectivity index (χ0) is 13.2. The predicted octanol–water partition coefficient (Wildman–Crippen LogP) is 2.82. The van der Waals surface area contributed by atoms with E-state index >= 15 is 0 Å². The van der Waals surface area contributed by atoms with E-state index in [2.05, 4.69) is 36.2 Å². The van der Waals surface area contributed by atoms with Crippen LogP contribution in [0.25, 0.3) is 10.9 Å². The minimum atomic E-state index is -0.324. The first-order valence-corrected chi connectivity index (χ1v) is 6.38. The molecule has 6 heteroatoms. The van der Waals surface area contributed by atoms with Gasteiger partial charge in [-0.05, 0) is 28.1 Å². The minimum Gasteiger partial charge on any atom is -0.339 e. The Morgan fingerprint density at radius 2 is 2.05 bits per heavy atom. The summed E-state index contributed by atoms with van der Waals surface area (Å²) in [6.45, 7) is 0. The van der Waals surface area contributed by atoms with Gasteiger partial charge in [0.2, 0.25) is 0 Å². The molecule has 0 spiro atoms. The monoisotopic (exact) mass is 316 g/mol. The van der Waals surface area contributed by atoms with E-state index in [0.717, 1.165) is 16.6 Å². The number of halogens is 1. The smallest absolute Gasteiger partial charge is 0.289 e. The Labute approximate surface area is 116 Å². The third-order valence-corrected chi connectivity index (χ3v) is 3.39. The van der Waals surface area contributed by atoms with Gasteiger partial charge in [-0.2, -0.15) is 4.98 Å². The lowest BCUT2D eigenvalue weighted by Gasteiger charge is -2.07. The third kappa shape index (κ3) is 2.34. The van der Waals surface area contributed by atoms with E-state index in [9.17, 15) is 4.79 Å². The van der Waals surface area contributed by atoms with Crippen LogP contribution in [0, 0.1) is 0 Å². The van der Waals surface area contributed by atoms with Gasteiger partial charge in [0.15, 0.2) is 0 Å². The predicted molar refractivity (Wildman–Crippen MR) is 77.6 cm³/mol. The van der Waals surface area contributed by atoms with Crippen molar-refractivity contribution in [2.75, 3.05) is 5.32 Å². The Bertz CT molecular complexity index is 800. The molecule has 0 unspecified atom stereocenters. The molecule has 5 nitrogen and oxygen atoms in total. The molecule has 0 amide bonds. The van der Waals surface area contributed by atoms with E-state index in [4.69, 9.17) is 0 Å². The Hall–Kier alpha value is -2.21. The zero-order valence-electron chi connectivity index (χ0n) is 9.72. The fourth-order valence-electron chi connectivity index (χ4n) is 1.76. The summed E-state index contributed by atoms with van der Waals surface area (Å²) in [4.78, 5) is 22.2. The number of aromatic amines is 1. The highest BCUT2D eigenvalue weighted by atomic mass is 79.9. The molecule has 3 aromatic rings. The Kier molecular flexibility index (Phi) is 3.00. The summed E-state index contributed by atoms with van der Waals surface area (Å²) < 4.78 is 0.364. The second-order valence-corrected chi connectivity index (χ2v) is 4.73. The lowest BCUT2D eigenvalue weighted by atomic mass is 10.2. The summed E-state index contributed by atoms with van der Waals surface area (Å²) in [6.07, 6.45) is 3.07. The Balaban J connectivity index is 2.01. The molecular weight excluding hydrogens is 308 g/mol. The van der Waals surface area contributed by atoms with Crippen molar-refractivity contribution < 1.29 is 0 Å². The van der Waals surface area contributed by atoms with Crippen molar-refractivity contribution in [2.45, 2.75) is 0 Å². The van der Waals surface area contributed by atoms with Crippen LogP contribution in [0.3, 0.4) is 0 Å². The van der Waals surface area contributed by atoms with Gasteiger partial charge in [0, 0.05) is 5.39 Å². The molecule has 0 saturated carbocycles. The maximum atomic E-state index is 11.4. The number of hydrogen-bond acceptors (Lipinski definition) is 4. The first kappa shape index (κ1) is 11.9. The van der Waals surface area contributed by atoms with Gasteiger partial charge in [-0.3, -0.25) is 9.78 Å². The van der Waals surface area contributed by atoms with Crippen molar-refractivity contribution in [3.8, 4) is 0 Å². The molecule has 0 atom stereocenters. The number of hydrogen-bond donors (Lipinski definition) is 2. The molecule has 19 heavy (non-hydrogen) atoms. The number of anilines is 2. The first-order chi connectivity index (χ1) is 9.24. The first-order valence-electron chi connectivity index (χ1n) is 5.59. The van der Waals surface area contributed by atoms with Crippen molar-refractivity contribution in [1.29, 1.82) is 0 Å². The molecule has 0 fully saturated rings. The fourth-order valence-corrected chi connectivity index (χ4v) is 2.07. The third-order valence-electron chi connectivity index (χ3n) is 2.66. The minimum absolute atomic E-state index is 0.324. The van der Waals surface area contributed by atoms with E-state index in [1.165, 1.54) is 6.33 Å². The van der Waals surface area contributed by atoms with Crippen LogP contribution in [-0.2, 0) is 0 Å². The molecule has 0 bridgehead atoms. The van der Waals surface area contributed by atoms with Gasteiger partial charge in [-0.25, -0.2) is 0 Å². The molecule has 94 valence electrons. The Morgan fingerprint density at radius 1 is 1.21 bits per heavy atom. The number of nitrogens with one attached hydrogen (secondary N) is 2. The van der Waals surface area contributed by atoms with Crippen LogP contribution in [0.1, 0.15) is 0 Å². The zero-order valence-corrected chi connectivity index (χ0v) is 11.3. The van der Waals surface area contributed by atoms with E-state index in [1.54, 1.807) is 6.20 Å². The second-order valence-electron chi connectivity index (χ2n) is 3.94. The summed E-state index contributed by atoms with van der Waals surface area (Å²) in [6, 6.07) is 9.80. The van der Waals surface area contributed by atoms with Gasteiger partial charge >= 0.3 is 0 Å². The van der Waals surface area contributed by atoms with Gasteiger partial charge in [0.25, 0.3) is 5.56 Å². The quantitative estimate of drug-likeness (QED) is 0.762. The van der Waals surface area contributed by atoms with Gasteiger partial charge in [-0.15, -0.1) is 0 Å². The number of pyridine rings is 1. The van der Waals surface area contributed by atoms with Crippen molar-refractivity contribution >= 4 is 38.3 Å². The molecule has 0 aliphatic carbocycles. The molecule has 0 saturated heterocycles. The van der Waals surface area contributed by atoms with Crippen molar-refractivity contribution in [3.63, 3.8) is 0 Å². The summed E-state index contributed by atoms with van der Waals surface area (Å²) in [5, 5.41) is 4.13. The van der Waals surface area contributed by atoms with E-state index in [1.807, 2.05) is 30.3 Å². The average Bonchev–Trinajstić information content (AvgIpc) is 2.44. The van der Waals surface area contributed by atoms with E-state index in [-0.39, 0.29) is 5.56 Å². The number of fused-ring (bicyclic) bond motifs is 1. The van der Waals surface area contributed by atoms with Gasteiger partial charge in [0.05, 0.1) is 23.7 Å². The number of nitrogens with zero attached hydrogens (tertiary/aromatic N) is 2. The molecular formula is C13H9BrN4O. The molecule has 0 aliphatic heterocycles. The molecule has 2 N–H and O–H groups in total. The molecule has 3 rings (SSSR count). The second kappa shape index (κ2) is 4.81. The standard InChI is InChI=1S/C13H9BrN4O/c14-11-12(16-7-17-13(11)19)18-9-5-8-3-1-2-4-10(8)15-6-9/h1-7H,(H2,16,17,18,19). The van der Waals surface area contributed by atoms with Crippen molar-refractivity contribution in [1.82, 2.24) is 15.0 Å². The highest BCUT2D eigenvalue weighted by molar-refractivity contribution is 9.10. The van der Waals surface area contributed by atoms with E-state index < -0.39 is 0 Å². The van der Waals surface area contributed by atoms with Gasteiger partial charge in [0.1, 0.15) is 10.3 Å². The van der Waals surface area contributed by atoms with Gasteiger partial charge in [-0.1, -0.05) is 18.2 Å². The number of H-pyrrole nitrogens is 1. The molecule has 2 aromatic heterocycles. The van der Waals surface area contributed by atoms with Crippen LogP contribution in [0.4, 0.5) is 11.5 Å². The SMILES string of the molecule is O=c1nc[nH]c(Nc2cnc3ccccc3c2)c1Br. The number of benzene rings is 1. The van der Waals surface area contributed by atoms with Crippen molar-refractivity contribution in [3.05, 3.63) is 57.7 Å². The molecule has 0 aliphatic rings. The van der Waals surface area contributed by atoms with Crippen LogP contribution in [0.5, 0.6) is 0 Å². The lowest BCUT2D eigenvalue weighted by molar-refractivity contribution is 1.10.